The maximum Gasteiger partial charge on any atom is 0.120 e. The van der Waals surface area contributed by atoms with Crippen molar-refractivity contribution in [2.45, 2.75) is 39.2 Å². The maximum absolute atomic E-state index is 9.86. The molecule has 0 heterocycles. The molecule has 15 heavy (non-hydrogen) atoms. The Morgan fingerprint density at radius 2 is 1.87 bits per heavy atom. The van der Waals surface area contributed by atoms with Crippen LogP contribution in [0.2, 0.25) is 5.02 Å². The van der Waals surface area contributed by atoms with Crippen LogP contribution < -0.4 is 5.73 Å². The van der Waals surface area contributed by atoms with Crippen LogP contribution in [-0.4, -0.2) is 5.11 Å². The third-order valence-electron chi connectivity index (χ3n) is 2.43. The van der Waals surface area contributed by atoms with Gasteiger partial charge in [-0.3, -0.25) is 0 Å². The Morgan fingerprint density at radius 3 is 2.27 bits per heavy atom. The second-order valence-electron chi connectivity index (χ2n) is 4.77. The molecular weight excluding hydrogens is 210 g/mol. The van der Waals surface area contributed by atoms with Crippen molar-refractivity contribution in [1.82, 2.24) is 0 Å². The number of rotatable bonds is 2. The molecule has 0 atom stereocenters. The first kappa shape index (κ1) is 12.3. The minimum absolute atomic E-state index is 0.218. The van der Waals surface area contributed by atoms with Gasteiger partial charge in [0, 0.05) is 16.1 Å². The Morgan fingerprint density at radius 1 is 1.33 bits per heavy atom. The van der Waals surface area contributed by atoms with Crippen LogP contribution in [0.25, 0.3) is 0 Å². The van der Waals surface area contributed by atoms with E-state index in [1.54, 1.807) is 12.1 Å². The van der Waals surface area contributed by atoms with Crippen molar-refractivity contribution in [1.29, 1.82) is 0 Å². The summed E-state index contributed by atoms with van der Waals surface area (Å²) in [5.74, 6) is 0.508. The Labute approximate surface area is 96.1 Å². The van der Waals surface area contributed by atoms with E-state index < -0.39 is 5.54 Å². The summed E-state index contributed by atoms with van der Waals surface area (Å²) in [7, 11) is 0. The van der Waals surface area contributed by atoms with Crippen molar-refractivity contribution in [3.8, 4) is 5.75 Å². The standard InChI is InChI=1S/C12H18ClNO/c1-7(2)8-5-11(15)9(6-10(8)13)12(3,4)14/h5-7,15H,14H2,1-4H3. The van der Waals surface area contributed by atoms with Crippen LogP contribution in [0.15, 0.2) is 12.1 Å². The van der Waals surface area contributed by atoms with Gasteiger partial charge in [0.25, 0.3) is 0 Å². The van der Waals surface area contributed by atoms with E-state index in [1.807, 2.05) is 27.7 Å². The van der Waals surface area contributed by atoms with Gasteiger partial charge in [0.15, 0.2) is 0 Å². The summed E-state index contributed by atoms with van der Waals surface area (Å²) >= 11 is 6.14. The second kappa shape index (κ2) is 4.03. The molecule has 84 valence electrons. The fraction of sp³-hybridized carbons (Fsp3) is 0.500. The van der Waals surface area contributed by atoms with Gasteiger partial charge in [0.1, 0.15) is 5.75 Å². The Balaban J connectivity index is 3.32. The summed E-state index contributed by atoms with van der Waals surface area (Å²) in [4.78, 5) is 0. The molecule has 1 rings (SSSR count). The molecule has 0 radical (unpaired) electrons. The van der Waals surface area contributed by atoms with E-state index in [0.29, 0.717) is 16.5 Å². The van der Waals surface area contributed by atoms with Crippen LogP contribution in [-0.2, 0) is 5.54 Å². The van der Waals surface area contributed by atoms with Crippen LogP contribution >= 0.6 is 11.6 Å². The number of hydrogen-bond acceptors (Lipinski definition) is 2. The number of phenols is 1. The van der Waals surface area contributed by atoms with Crippen LogP contribution in [0.4, 0.5) is 0 Å². The monoisotopic (exact) mass is 227 g/mol. The Kier molecular flexibility index (Phi) is 3.31. The maximum atomic E-state index is 9.86. The predicted octanol–water partition coefficient (Wildman–Crippen LogP) is 3.36. The molecule has 2 nitrogen and oxygen atoms in total. The molecule has 0 saturated carbocycles. The normalized spacial score (nSPS) is 12.2. The summed E-state index contributed by atoms with van der Waals surface area (Å²) in [5, 5.41) is 10.5. The van der Waals surface area contributed by atoms with E-state index in [9.17, 15) is 5.11 Å². The van der Waals surface area contributed by atoms with Gasteiger partial charge in [0.2, 0.25) is 0 Å². The number of benzene rings is 1. The number of halogens is 1. The molecule has 1 aromatic rings. The number of hydrogen-bond donors (Lipinski definition) is 2. The average molecular weight is 228 g/mol. The molecule has 3 N–H and O–H groups in total. The topological polar surface area (TPSA) is 46.2 Å². The van der Waals surface area contributed by atoms with E-state index in [1.165, 1.54) is 0 Å². The largest absolute Gasteiger partial charge is 0.508 e. The van der Waals surface area contributed by atoms with Crippen LogP contribution in [0, 0.1) is 0 Å². The third kappa shape index (κ3) is 2.64. The zero-order valence-electron chi connectivity index (χ0n) is 9.63. The quantitative estimate of drug-likeness (QED) is 0.814. The van der Waals surface area contributed by atoms with E-state index in [-0.39, 0.29) is 5.75 Å². The van der Waals surface area contributed by atoms with Crippen molar-refractivity contribution in [2.24, 2.45) is 5.73 Å². The van der Waals surface area contributed by atoms with Crippen LogP contribution in [0.3, 0.4) is 0 Å². The summed E-state index contributed by atoms with van der Waals surface area (Å²) in [6.07, 6.45) is 0. The number of phenolic OH excluding ortho intramolecular Hbond substituents is 1. The lowest BCUT2D eigenvalue weighted by Crippen LogP contribution is -2.28. The minimum atomic E-state index is -0.580. The molecule has 0 aliphatic rings. The lowest BCUT2D eigenvalue weighted by Gasteiger charge is -2.22. The lowest BCUT2D eigenvalue weighted by atomic mass is 9.91. The SMILES string of the molecule is CC(C)c1cc(O)c(C(C)(C)N)cc1Cl. The summed E-state index contributed by atoms with van der Waals surface area (Å²) in [5.41, 5.74) is 6.98. The third-order valence-corrected chi connectivity index (χ3v) is 2.76. The number of aromatic hydroxyl groups is 1. The Hall–Kier alpha value is -0.730. The first-order valence-corrected chi connectivity index (χ1v) is 5.43. The van der Waals surface area contributed by atoms with Gasteiger partial charge in [-0.05, 0) is 37.5 Å². The number of nitrogens with two attached hydrogens (primary N) is 1. The van der Waals surface area contributed by atoms with Crippen LogP contribution in [0.1, 0.15) is 44.7 Å². The average Bonchev–Trinajstić information content (AvgIpc) is 2.06. The molecule has 0 fully saturated rings. The smallest absolute Gasteiger partial charge is 0.120 e. The highest BCUT2D eigenvalue weighted by Gasteiger charge is 2.20. The van der Waals surface area contributed by atoms with E-state index in [2.05, 4.69) is 0 Å². The molecule has 1 aromatic carbocycles. The molecule has 0 unspecified atom stereocenters. The van der Waals surface area contributed by atoms with Gasteiger partial charge in [-0.2, -0.15) is 0 Å². The van der Waals surface area contributed by atoms with Gasteiger partial charge in [-0.1, -0.05) is 25.4 Å². The zero-order valence-corrected chi connectivity index (χ0v) is 10.4. The van der Waals surface area contributed by atoms with Gasteiger partial charge in [-0.25, -0.2) is 0 Å². The highest BCUT2D eigenvalue weighted by atomic mass is 35.5. The Bertz CT molecular complexity index is 367. The van der Waals surface area contributed by atoms with Gasteiger partial charge in [0.05, 0.1) is 0 Å². The van der Waals surface area contributed by atoms with Gasteiger partial charge < -0.3 is 10.8 Å². The second-order valence-corrected chi connectivity index (χ2v) is 5.17. The minimum Gasteiger partial charge on any atom is -0.508 e. The van der Waals surface area contributed by atoms with E-state index in [4.69, 9.17) is 17.3 Å². The predicted molar refractivity (Wildman–Crippen MR) is 64.4 cm³/mol. The molecule has 0 spiro atoms. The summed E-state index contributed by atoms with van der Waals surface area (Å²) in [6, 6.07) is 3.46. The molecule has 0 bridgehead atoms. The van der Waals surface area contributed by atoms with Crippen molar-refractivity contribution in [3.63, 3.8) is 0 Å². The first-order chi connectivity index (χ1) is 6.73. The molecule has 0 aliphatic heterocycles. The molecule has 0 amide bonds. The van der Waals surface area contributed by atoms with Crippen molar-refractivity contribution in [3.05, 3.63) is 28.3 Å². The van der Waals surface area contributed by atoms with E-state index >= 15 is 0 Å². The summed E-state index contributed by atoms with van der Waals surface area (Å²) in [6.45, 7) is 7.75. The fourth-order valence-corrected chi connectivity index (χ4v) is 1.92. The highest BCUT2D eigenvalue weighted by Crippen LogP contribution is 2.35. The van der Waals surface area contributed by atoms with Gasteiger partial charge in [-0.15, -0.1) is 0 Å². The van der Waals surface area contributed by atoms with Gasteiger partial charge >= 0.3 is 0 Å². The molecule has 0 aromatic heterocycles. The highest BCUT2D eigenvalue weighted by molar-refractivity contribution is 6.31. The van der Waals surface area contributed by atoms with E-state index in [0.717, 1.165) is 5.56 Å². The molecule has 3 heteroatoms. The molecule has 0 saturated heterocycles. The first-order valence-electron chi connectivity index (χ1n) is 5.05. The fourth-order valence-electron chi connectivity index (χ4n) is 1.54. The van der Waals surface area contributed by atoms with Crippen molar-refractivity contribution >= 4 is 11.6 Å². The summed E-state index contributed by atoms with van der Waals surface area (Å²) < 4.78 is 0. The lowest BCUT2D eigenvalue weighted by molar-refractivity contribution is 0.439. The zero-order chi connectivity index (χ0) is 11.8. The molecule has 0 aliphatic carbocycles. The molecular formula is C12H18ClNO. The van der Waals surface area contributed by atoms with Crippen molar-refractivity contribution in [2.75, 3.05) is 0 Å². The van der Waals surface area contributed by atoms with Crippen LogP contribution in [0.5, 0.6) is 5.75 Å². The van der Waals surface area contributed by atoms with Crippen molar-refractivity contribution < 1.29 is 5.11 Å².